The van der Waals surface area contributed by atoms with E-state index in [1.807, 2.05) is 6.92 Å². The molecule has 0 aromatic rings. The fraction of sp³-hybridized carbons (Fsp3) is 0.941. The summed E-state index contributed by atoms with van der Waals surface area (Å²) in [7, 11) is 0. The summed E-state index contributed by atoms with van der Waals surface area (Å²) in [6.07, 6.45) is 7.63. The lowest BCUT2D eigenvalue weighted by Gasteiger charge is -2.35. The van der Waals surface area contributed by atoms with E-state index in [9.17, 15) is 9.90 Å². The van der Waals surface area contributed by atoms with Crippen molar-refractivity contribution >= 4 is 5.91 Å². The molecular formula is C17H32N2O2. The predicted octanol–water partition coefficient (Wildman–Crippen LogP) is 2.40. The van der Waals surface area contributed by atoms with Crippen LogP contribution in [0, 0.1) is 0 Å². The van der Waals surface area contributed by atoms with Crippen LogP contribution in [0.3, 0.4) is 0 Å². The molecule has 2 aliphatic rings. The lowest BCUT2D eigenvalue weighted by atomic mass is 10.1. The molecule has 4 nitrogen and oxygen atoms in total. The molecular weight excluding hydrogens is 264 g/mol. The largest absolute Gasteiger partial charge is 0.393 e. The summed E-state index contributed by atoms with van der Waals surface area (Å²) in [4.78, 5) is 17.2. The second-order valence-corrected chi connectivity index (χ2v) is 7.18. The van der Waals surface area contributed by atoms with Gasteiger partial charge in [0.2, 0.25) is 5.91 Å². The Morgan fingerprint density at radius 2 is 1.86 bits per heavy atom. The van der Waals surface area contributed by atoms with E-state index in [2.05, 4.69) is 23.6 Å². The summed E-state index contributed by atoms with van der Waals surface area (Å²) in [6, 6.07) is 1.13. The molecule has 21 heavy (non-hydrogen) atoms. The second kappa shape index (κ2) is 7.59. The van der Waals surface area contributed by atoms with Crippen molar-refractivity contribution in [2.45, 2.75) is 89.9 Å². The number of carbonyl (C=O) groups is 1. The molecule has 1 N–H and O–H groups in total. The summed E-state index contributed by atoms with van der Waals surface area (Å²) in [5, 5.41) is 9.61. The lowest BCUT2D eigenvalue weighted by Crippen LogP contribution is -2.49. The number of nitrogens with zero attached hydrogens (tertiary/aromatic N) is 2. The summed E-state index contributed by atoms with van der Waals surface area (Å²) in [5.74, 6) is 0.286. The zero-order chi connectivity index (χ0) is 15.4. The highest BCUT2D eigenvalue weighted by Crippen LogP contribution is 2.27. The number of hydrogen-bond acceptors (Lipinski definition) is 3. The maximum absolute atomic E-state index is 12.8. The summed E-state index contributed by atoms with van der Waals surface area (Å²) in [5.41, 5.74) is 0. The van der Waals surface area contributed by atoms with Crippen LogP contribution >= 0.6 is 0 Å². The molecule has 0 aromatic carbocycles. The standard InChI is InChI=1S/C17H32N2O2/c1-13(2)19(15-7-4-5-8-15)17(21)12-18-10-6-9-16(18)11-14(3)20/h13-16,20H,4-12H2,1-3H3. The Hall–Kier alpha value is -0.610. The number of aliphatic hydroxyl groups is 1. The van der Waals surface area contributed by atoms with Crippen molar-refractivity contribution in [1.29, 1.82) is 0 Å². The molecule has 0 spiro atoms. The Bertz CT molecular complexity index is 338. The monoisotopic (exact) mass is 296 g/mol. The third-order valence-electron chi connectivity index (χ3n) is 5.01. The summed E-state index contributed by atoms with van der Waals surface area (Å²) < 4.78 is 0. The first kappa shape index (κ1) is 16.8. The highest BCUT2D eigenvalue weighted by atomic mass is 16.3. The fourth-order valence-electron chi connectivity index (χ4n) is 4.12. The van der Waals surface area contributed by atoms with E-state index in [4.69, 9.17) is 0 Å². The number of rotatable bonds is 6. The minimum Gasteiger partial charge on any atom is -0.393 e. The van der Waals surface area contributed by atoms with Gasteiger partial charge in [-0.15, -0.1) is 0 Å². The Morgan fingerprint density at radius 1 is 1.19 bits per heavy atom. The molecule has 2 rings (SSSR count). The third-order valence-corrected chi connectivity index (χ3v) is 5.01. The molecule has 1 amide bonds. The van der Waals surface area contributed by atoms with E-state index in [1.165, 1.54) is 25.7 Å². The van der Waals surface area contributed by atoms with Gasteiger partial charge in [-0.05, 0) is 59.4 Å². The predicted molar refractivity (Wildman–Crippen MR) is 85.1 cm³/mol. The van der Waals surface area contributed by atoms with E-state index < -0.39 is 0 Å². The molecule has 2 unspecified atom stereocenters. The van der Waals surface area contributed by atoms with E-state index in [0.29, 0.717) is 24.7 Å². The number of likely N-dealkylation sites (tertiary alicyclic amines) is 1. The maximum atomic E-state index is 12.8. The van der Waals surface area contributed by atoms with E-state index in [1.54, 1.807) is 0 Å². The zero-order valence-electron chi connectivity index (χ0n) is 13.9. The van der Waals surface area contributed by atoms with Crippen LogP contribution in [-0.4, -0.2) is 58.1 Å². The smallest absolute Gasteiger partial charge is 0.237 e. The molecule has 1 aliphatic carbocycles. The van der Waals surface area contributed by atoms with Gasteiger partial charge in [0.1, 0.15) is 0 Å². The normalized spacial score (nSPS) is 25.7. The number of hydrogen-bond donors (Lipinski definition) is 1. The second-order valence-electron chi connectivity index (χ2n) is 7.18. The fourth-order valence-corrected chi connectivity index (χ4v) is 4.12. The molecule has 122 valence electrons. The molecule has 1 aliphatic heterocycles. The van der Waals surface area contributed by atoms with Gasteiger partial charge in [-0.3, -0.25) is 9.69 Å². The molecule has 1 saturated carbocycles. The lowest BCUT2D eigenvalue weighted by molar-refractivity contribution is -0.137. The molecule has 0 bridgehead atoms. The maximum Gasteiger partial charge on any atom is 0.237 e. The highest BCUT2D eigenvalue weighted by Gasteiger charge is 2.32. The van der Waals surface area contributed by atoms with Crippen LogP contribution in [0.2, 0.25) is 0 Å². The van der Waals surface area contributed by atoms with E-state index in [-0.39, 0.29) is 12.0 Å². The molecule has 2 atom stereocenters. The van der Waals surface area contributed by atoms with Crippen molar-refractivity contribution in [2.24, 2.45) is 0 Å². The van der Waals surface area contributed by atoms with Crippen LogP contribution in [0.5, 0.6) is 0 Å². The number of amides is 1. The van der Waals surface area contributed by atoms with Crippen molar-refractivity contribution < 1.29 is 9.90 Å². The third kappa shape index (κ3) is 4.43. The minimum atomic E-state index is -0.276. The highest BCUT2D eigenvalue weighted by molar-refractivity contribution is 5.79. The Balaban J connectivity index is 1.94. The summed E-state index contributed by atoms with van der Waals surface area (Å²) in [6.45, 7) is 7.64. The zero-order valence-corrected chi connectivity index (χ0v) is 13.9. The van der Waals surface area contributed by atoms with Gasteiger partial charge >= 0.3 is 0 Å². The quantitative estimate of drug-likeness (QED) is 0.818. The van der Waals surface area contributed by atoms with Crippen molar-refractivity contribution in [3.05, 3.63) is 0 Å². The first-order chi connectivity index (χ1) is 9.99. The SMILES string of the molecule is CC(O)CC1CCCN1CC(=O)N(C(C)C)C1CCCC1. The van der Waals surface area contributed by atoms with Crippen LogP contribution in [0.25, 0.3) is 0 Å². The van der Waals surface area contributed by atoms with Crippen molar-refractivity contribution in [1.82, 2.24) is 9.80 Å². The van der Waals surface area contributed by atoms with Gasteiger partial charge in [0, 0.05) is 18.1 Å². The molecule has 1 saturated heterocycles. The molecule has 1 heterocycles. The van der Waals surface area contributed by atoms with Gasteiger partial charge in [0.05, 0.1) is 12.6 Å². The summed E-state index contributed by atoms with van der Waals surface area (Å²) >= 11 is 0. The number of aliphatic hydroxyl groups excluding tert-OH is 1. The van der Waals surface area contributed by atoms with Gasteiger partial charge in [0.15, 0.2) is 0 Å². The molecule has 4 heteroatoms. The van der Waals surface area contributed by atoms with Crippen molar-refractivity contribution in [2.75, 3.05) is 13.1 Å². The first-order valence-electron chi connectivity index (χ1n) is 8.72. The van der Waals surface area contributed by atoms with Gasteiger partial charge in [-0.25, -0.2) is 0 Å². The Labute approximate surface area is 129 Å². The average Bonchev–Trinajstić information content (AvgIpc) is 3.01. The topological polar surface area (TPSA) is 43.8 Å². The first-order valence-corrected chi connectivity index (χ1v) is 8.72. The van der Waals surface area contributed by atoms with Gasteiger partial charge in [-0.1, -0.05) is 12.8 Å². The molecule has 0 aromatic heterocycles. The van der Waals surface area contributed by atoms with Crippen LogP contribution in [0.4, 0.5) is 0 Å². The van der Waals surface area contributed by atoms with Crippen molar-refractivity contribution in [3.8, 4) is 0 Å². The Morgan fingerprint density at radius 3 is 2.43 bits per heavy atom. The van der Waals surface area contributed by atoms with Crippen molar-refractivity contribution in [3.63, 3.8) is 0 Å². The molecule has 0 radical (unpaired) electrons. The van der Waals surface area contributed by atoms with Gasteiger partial charge < -0.3 is 10.0 Å². The van der Waals surface area contributed by atoms with Crippen LogP contribution in [0.15, 0.2) is 0 Å². The minimum absolute atomic E-state index is 0.276. The van der Waals surface area contributed by atoms with Crippen LogP contribution < -0.4 is 0 Å². The number of carbonyl (C=O) groups excluding carboxylic acids is 1. The van der Waals surface area contributed by atoms with Crippen LogP contribution in [-0.2, 0) is 4.79 Å². The van der Waals surface area contributed by atoms with Gasteiger partial charge in [-0.2, -0.15) is 0 Å². The van der Waals surface area contributed by atoms with E-state index >= 15 is 0 Å². The van der Waals surface area contributed by atoms with Gasteiger partial charge in [0.25, 0.3) is 0 Å². The average molecular weight is 296 g/mol. The van der Waals surface area contributed by atoms with E-state index in [0.717, 1.165) is 25.8 Å². The molecule has 2 fully saturated rings. The Kier molecular flexibility index (Phi) is 6.06. The van der Waals surface area contributed by atoms with Crippen LogP contribution in [0.1, 0.15) is 65.7 Å².